The van der Waals surface area contributed by atoms with Crippen LogP contribution in [0.15, 0.2) is 6.20 Å². The molecule has 6 nitrogen and oxygen atoms in total. The fourth-order valence-corrected chi connectivity index (χ4v) is 1.90. The molecule has 0 radical (unpaired) electrons. The molecule has 2 aromatic heterocycles. The quantitative estimate of drug-likeness (QED) is 0.656. The molecule has 0 aliphatic rings. The lowest BCUT2D eigenvalue weighted by atomic mass is 10.3. The van der Waals surface area contributed by atoms with Crippen LogP contribution in [0.2, 0.25) is 5.28 Å². The second-order valence-corrected chi connectivity index (χ2v) is 4.77. The number of aryl methyl sites for hydroxylation is 1. The Balaban J connectivity index is 2.12. The minimum absolute atomic E-state index is 0.237. The van der Waals surface area contributed by atoms with Crippen molar-refractivity contribution in [2.75, 3.05) is 32.5 Å². The second-order valence-electron chi connectivity index (χ2n) is 4.43. The summed E-state index contributed by atoms with van der Waals surface area (Å²) in [6.07, 6.45) is 2.79. The number of nitrogens with zero attached hydrogens (tertiary/aromatic N) is 5. The number of rotatable bonds is 5. The first-order valence-corrected chi connectivity index (χ1v) is 6.19. The fourth-order valence-electron chi connectivity index (χ4n) is 1.73. The second kappa shape index (κ2) is 5.49. The molecular weight excluding hydrogens is 252 g/mol. The van der Waals surface area contributed by atoms with E-state index in [1.807, 2.05) is 7.05 Å². The van der Waals surface area contributed by atoms with Crippen molar-refractivity contribution in [2.24, 2.45) is 7.05 Å². The monoisotopic (exact) mass is 268 g/mol. The van der Waals surface area contributed by atoms with Gasteiger partial charge in [-0.3, -0.25) is 4.68 Å². The van der Waals surface area contributed by atoms with Crippen LogP contribution in [0.4, 0.5) is 5.82 Å². The van der Waals surface area contributed by atoms with Crippen molar-refractivity contribution >= 4 is 28.5 Å². The largest absolute Gasteiger partial charge is 0.369 e. The predicted octanol–water partition coefficient (Wildman–Crippen LogP) is 1.38. The Kier molecular flexibility index (Phi) is 3.98. The van der Waals surface area contributed by atoms with E-state index >= 15 is 0 Å². The van der Waals surface area contributed by atoms with E-state index in [2.05, 4.69) is 39.4 Å². The van der Waals surface area contributed by atoms with Gasteiger partial charge in [0.05, 0.1) is 11.6 Å². The predicted molar refractivity (Wildman–Crippen MR) is 73.0 cm³/mol. The number of anilines is 1. The molecular formula is C11H17ClN6. The minimum Gasteiger partial charge on any atom is -0.369 e. The Labute approximate surface area is 111 Å². The summed E-state index contributed by atoms with van der Waals surface area (Å²) in [6, 6.07) is 0. The highest BCUT2D eigenvalue weighted by Crippen LogP contribution is 2.21. The van der Waals surface area contributed by atoms with Gasteiger partial charge in [0.15, 0.2) is 5.65 Å². The third-order valence-corrected chi connectivity index (χ3v) is 2.81. The van der Waals surface area contributed by atoms with Crippen LogP contribution in [0.5, 0.6) is 0 Å². The number of halogens is 1. The molecule has 0 saturated carbocycles. The Morgan fingerprint density at radius 1 is 1.39 bits per heavy atom. The summed E-state index contributed by atoms with van der Waals surface area (Å²) in [5.41, 5.74) is 0.741. The maximum absolute atomic E-state index is 5.90. The van der Waals surface area contributed by atoms with Crippen LogP contribution in [0.3, 0.4) is 0 Å². The third kappa shape index (κ3) is 2.88. The summed E-state index contributed by atoms with van der Waals surface area (Å²) < 4.78 is 1.69. The molecule has 18 heavy (non-hydrogen) atoms. The van der Waals surface area contributed by atoms with E-state index in [0.29, 0.717) is 0 Å². The van der Waals surface area contributed by atoms with Gasteiger partial charge in [-0.15, -0.1) is 0 Å². The van der Waals surface area contributed by atoms with Gasteiger partial charge < -0.3 is 10.2 Å². The molecule has 0 atom stereocenters. The number of aromatic nitrogens is 4. The smallest absolute Gasteiger partial charge is 0.226 e. The number of fused-ring (bicyclic) bond motifs is 1. The normalized spacial score (nSPS) is 11.4. The van der Waals surface area contributed by atoms with E-state index in [-0.39, 0.29) is 5.28 Å². The zero-order valence-electron chi connectivity index (χ0n) is 10.8. The highest BCUT2D eigenvalue weighted by atomic mass is 35.5. The van der Waals surface area contributed by atoms with Crippen molar-refractivity contribution in [1.29, 1.82) is 0 Å². The van der Waals surface area contributed by atoms with Crippen molar-refractivity contribution in [2.45, 2.75) is 6.42 Å². The van der Waals surface area contributed by atoms with Crippen molar-refractivity contribution < 1.29 is 0 Å². The van der Waals surface area contributed by atoms with E-state index in [9.17, 15) is 0 Å². The molecule has 2 rings (SSSR count). The molecule has 0 fully saturated rings. The van der Waals surface area contributed by atoms with E-state index in [0.717, 1.165) is 36.4 Å². The molecule has 7 heteroatoms. The summed E-state index contributed by atoms with van der Waals surface area (Å²) >= 11 is 5.90. The third-order valence-electron chi connectivity index (χ3n) is 2.64. The zero-order chi connectivity index (χ0) is 13.1. The minimum atomic E-state index is 0.237. The number of hydrogen-bond acceptors (Lipinski definition) is 5. The summed E-state index contributed by atoms with van der Waals surface area (Å²) in [6.45, 7) is 1.87. The Bertz CT molecular complexity index is 536. The van der Waals surface area contributed by atoms with Crippen LogP contribution >= 0.6 is 11.6 Å². The van der Waals surface area contributed by atoms with Gasteiger partial charge in [0.1, 0.15) is 5.82 Å². The van der Waals surface area contributed by atoms with Gasteiger partial charge in [-0.1, -0.05) is 0 Å². The van der Waals surface area contributed by atoms with Crippen LogP contribution in [0.25, 0.3) is 11.0 Å². The summed E-state index contributed by atoms with van der Waals surface area (Å²) in [5, 5.41) is 8.58. The van der Waals surface area contributed by atoms with Gasteiger partial charge in [0.2, 0.25) is 5.28 Å². The maximum Gasteiger partial charge on any atom is 0.226 e. The SMILES string of the molecule is CN(C)CCCNc1nc(Cl)nc2c1cnn2C. The van der Waals surface area contributed by atoms with Crippen molar-refractivity contribution in [3.05, 3.63) is 11.5 Å². The number of hydrogen-bond donors (Lipinski definition) is 1. The van der Waals surface area contributed by atoms with Crippen molar-refractivity contribution in [3.63, 3.8) is 0 Å². The van der Waals surface area contributed by atoms with Crippen LogP contribution in [0.1, 0.15) is 6.42 Å². The molecule has 0 saturated heterocycles. The molecule has 0 bridgehead atoms. The first-order valence-electron chi connectivity index (χ1n) is 5.82. The molecule has 0 aliphatic heterocycles. The summed E-state index contributed by atoms with van der Waals surface area (Å²) in [4.78, 5) is 10.5. The van der Waals surface area contributed by atoms with E-state index in [1.165, 1.54) is 0 Å². The molecule has 2 aromatic rings. The first-order chi connectivity index (χ1) is 8.58. The van der Waals surface area contributed by atoms with Crippen molar-refractivity contribution in [3.8, 4) is 0 Å². The summed E-state index contributed by atoms with van der Waals surface area (Å²) in [5.74, 6) is 0.747. The molecule has 0 aromatic carbocycles. The topological polar surface area (TPSA) is 58.9 Å². The highest BCUT2D eigenvalue weighted by molar-refractivity contribution is 6.28. The van der Waals surface area contributed by atoms with Crippen LogP contribution in [-0.4, -0.2) is 51.8 Å². The van der Waals surface area contributed by atoms with Crippen LogP contribution in [0, 0.1) is 0 Å². The molecule has 0 spiro atoms. The Morgan fingerprint density at radius 2 is 2.17 bits per heavy atom. The standard InChI is InChI=1S/C11H17ClN6/c1-17(2)6-4-5-13-9-8-7-14-18(3)10(8)16-11(12)15-9/h7H,4-6H2,1-3H3,(H,13,15,16). The highest BCUT2D eigenvalue weighted by Gasteiger charge is 2.09. The molecule has 0 amide bonds. The van der Waals surface area contributed by atoms with Gasteiger partial charge in [-0.05, 0) is 38.7 Å². The lowest BCUT2D eigenvalue weighted by Crippen LogP contribution is -2.16. The van der Waals surface area contributed by atoms with E-state index in [4.69, 9.17) is 11.6 Å². The first kappa shape index (κ1) is 13.0. The fraction of sp³-hybridized carbons (Fsp3) is 0.545. The molecule has 2 heterocycles. The average molecular weight is 269 g/mol. The zero-order valence-corrected chi connectivity index (χ0v) is 11.6. The van der Waals surface area contributed by atoms with Crippen LogP contribution < -0.4 is 5.32 Å². The maximum atomic E-state index is 5.90. The van der Waals surface area contributed by atoms with Gasteiger partial charge in [0, 0.05) is 13.6 Å². The molecule has 98 valence electrons. The lowest BCUT2D eigenvalue weighted by molar-refractivity contribution is 0.405. The number of nitrogens with one attached hydrogen (secondary N) is 1. The average Bonchev–Trinajstić information content (AvgIpc) is 2.66. The molecule has 1 N–H and O–H groups in total. The van der Waals surface area contributed by atoms with Gasteiger partial charge in [-0.2, -0.15) is 15.1 Å². The van der Waals surface area contributed by atoms with E-state index < -0.39 is 0 Å². The molecule has 0 unspecified atom stereocenters. The molecule has 0 aliphatic carbocycles. The van der Waals surface area contributed by atoms with E-state index in [1.54, 1.807) is 10.9 Å². The summed E-state index contributed by atoms with van der Waals surface area (Å²) in [7, 11) is 5.95. The Morgan fingerprint density at radius 3 is 2.89 bits per heavy atom. The van der Waals surface area contributed by atoms with Crippen molar-refractivity contribution in [1.82, 2.24) is 24.6 Å². The van der Waals surface area contributed by atoms with Gasteiger partial charge in [0.25, 0.3) is 0 Å². The van der Waals surface area contributed by atoms with Crippen LogP contribution in [-0.2, 0) is 7.05 Å². The van der Waals surface area contributed by atoms with Gasteiger partial charge >= 0.3 is 0 Å². The Hall–Kier alpha value is -1.40. The van der Waals surface area contributed by atoms with Gasteiger partial charge in [-0.25, -0.2) is 0 Å². The lowest BCUT2D eigenvalue weighted by Gasteiger charge is -2.10.